The van der Waals surface area contributed by atoms with Gasteiger partial charge in [0.15, 0.2) is 0 Å². The van der Waals surface area contributed by atoms with Crippen LogP contribution in [0.3, 0.4) is 0 Å². The van der Waals surface area contributed by atoms with Crippen LogP contribution in [0, 0.1) is 6.20 Å². The lowest BCUT2D eigenvalue weighted by Crippen LogP contribution is -1.99. The van der Waals surface area contributed by atoms with Crippen LogP contribution in [0.1, 0.15) is 5.56 Å². The predicted molar refractivity (Wildman–Crippen MR) is 42.3 cm³/mol. The van der Waals surface area contributed by atoms with Crippen molar-refractivity contribution in [3.63, 3.8) is 0 Å². The molecule has 1 radical (unpaired) electrons. The summed E-state index contributed by atoms with van der Waals surface area (Å²) in [7, 11) is 0. The summed E-state index contributed by atoms with van der Waals surface area (Å²) in [6.07, 6.45) is 4.13. The maximum Gasteiger partial charge on any atom is 0.218 e. The van der Waals surface area contributed by atoms with Gasteiger partial charge in [0.2, 0.25) is 3.79 Å². The largest absolute Gasteiger partial charge is 0.254 e. The van der Waals surface area contributed by atoms with Crippen LogP contribution in [0.2, 0.25) is 0 Å². The van der Waals surface area contributed by atoms with Crippen molar-refractivity contribution in [2.75, 3.05) is 0 Å². The van der Waals surface area contributed by atoms with Crippen molar-refractivity contribution in [3.05, 3.63) is 30.1 Å². The maximum atomic E-state index is 5.52. The third-order valence-electron chi connectivity index (χ3n) is 0.914. The molecule has 0 saturated carbocycles. The zero-order chi connectivity index (χ0) is 7.61. The Labute approximate surface area is 73.9 Å². The van der Waals surface area contributed by atoms with Gasteiger partial charge >= 0.3 is 0 Å². The van der Waals surface area contributed by atoms with Gasteiger partial charge < -0.3 is 0 Å². The SMILES string of the molecule is ClC(Cl)(Cl)c1[c]nccc1. The van der Waals surface area contributed by atoms with Gasteiger partial charge in [-0.15, -0.1) is 0 Å². The summed E-state index contributed by atoms with van der Waals surface area (Å²) in [5, 5.41) is 0. The monoisotopic (exact) mass is 194 g/mol. The molecule has 0 fully saturated rings. The molecule has 0 atom stereocenters. The summed E-state index contributed by atoms with van der Waals surface area (Å²) >= 11 is 16.6. The molecular weight excluding hydrogens is 192 g/mol. The first-order valence-corrected chi connectivity index (χ1v) is 3.64. The Kier molecular flexibility index (Phi) is 2.40. The van der Waals surface area contributed by atoms with Crippen LogP contribution in [-0.4, -0.2) is 4.98 Å². The highest BCUT2D eigenvalue weighted by molar-refractivity contribution is 6.66. The van der Waals surface area contributed by atoms with E-state index < -0.39 is 3.79 Å². The number of rotatable bonds is 0. The maximum absolute atomic E-state index is 5.52. The second kappa shape index (κ2) is 2.95. The minimum Gasteiger partial charge on any atom is -0.254 e. The van der Waals surface area contributed by atoms with Gasteiger partial charge in [-0.1, -0.05) is 40.9 Å². The Hall–Kier alpha value is 0.0200. The Morgan fingerprint density at radius 3 is 2.40 bits per heavy atom. The highest BCUT2D eigenvalue weighted by atomic mass is 35.6. The predicted octanol–water partition coefficient (Wildman–Crippen LogP) is 2.71. The lowest BCUT2D eigenvalue weighted by molar-refractivity contribution is 1.16. The zero-order valence-electron chi connectivity index (χ0n) is 4.81. The number of halogens is 3. The fraction of sp³-hybridized carbons (Fsp3) is 0.167. The van der Waals surface area contributed by atoms with Gasteiger partial charge in [-0.2, -0.15) is 0 Å². The summed E-state index contributed by atoms with van der Waals surface area (Å²) in [5.74, 6) is 0. The summed E-state index contributed by atoms with van der Waals surface area (Å²) in [5.41, 5.74) is 0.458. The van der Waals surface area contributed by atoms with Crippen LogP contribution in [0.25, 0.3) is 0 Å². The first-order chi connectivity index (χ1) is 4.61. The smallest absolute Gasteiger partial charge is 0.218 e. The summed E-state index contributed by atoms with van der Waals surface area (Å²) < 4.78 is -1.41. The van der Waals surface area contributed by atoms with Crippen molar-refractivity contribution in [1.82, 2.24) is 4.98 Å². The van der Waals surface area contributed by atoms with Crippen LogP contribution in [0.4, 0.5) is 0 Å². The van der Waals surface area contributed by atoms with E-state index in [1.165, 1.54) is 0 Å². The van der Waals surface area contributed by atoms with Crippen molar-refractivity contribution in [2.24, 2.45) is 0 Å². The third kappa shape index (κ3) is 2.01. The van der Waals surface area contributed by atoms with Crippen molar-refractivity contribution in [1.29, 1.82) is 0 Å². The Morgan fingerprint density at radius 1 is 1.40 bits per heavy atom. The summed E-state index contributed by atoms with van der Waals surface area (Å²) in [6.45, 7) is 0. The highest BCUT2D eigenvalue weighted by Crippen LogP contribution is 2.36. The molecule has 53 valence electrons. The molecule has 1 rings (SSSR count). The molecule has 1 aromatic rings. The van der Waals surface area contributed by atoms with E-state index in [-0.39, 0.29) is 0 Å². The molecule has 0 N–H and O–H groups in total. The number of nitrogens with zero attached hydrogens (tertiary/aromatic N) is 1. The second-order valence-electron chi connectivity index (χ2n) is 1.66. The van der Waals surface area contributed by atoms with E-state index in [0.29, 0.717) is 5.56 Å². The van der Waals surface area contributed by atoms with Crippen molar-refractivity contribution >= 4 is 34.8 Å². The quantitative estimate of drug-likeness (QED) is 0.580. The van der Waals surface area contributed by atoms with Gasteiger partial charge in [0.1, 0.15) is 0 Å². The van der Waals surface area contributed by atoms with E-state index in [1.54, 1.807) is 18.3 Å². The average molecular weight is 195 g/mol. The number of pyridine rings is 1. The van der Waals surface area contributed by atoms with Gasteiger partial charge in [0, 0.05) is 11.8 Å². The van der Waals surface area contributed by atoms with E-state index in [1.807, 2.05) is 0 Å². The molecule has 0 saturated heterocycles. The molecule has 1 aromatic heterocycles. The molecule has 0 unspecified atom stereocenters. The topological polar surface area (TPSA) is 12.9 Å². The molecule has 0 spiro atoms. The Morgan fingerprint density at radius 2 is 2.10 bits per heavy atom. The Bertz CT molecular complexity index is 204. The first-order valence-electron chi connectivity index (χ1n) is 2.50. The van der Waals surface area contributed by atoms with Crippen LogP contribution < -0.4 is 0 Å². The zero-order valence-corrected chi connectivity index (χ0v) is 7.08. The molecule has 0 bridgehead atoms. The lowest BCUT2D eigenvalue weighted by atomic mass is 10.3. The molecule has 1 nitrogen and oxygen atoms in total. The fourth-order valence-corrected chi connectivity index (χ4v) is 0.800. The molecule has 0 aliphatic heterocycles. The Balaban J connectivity index is 2.97. The standard InChI is InChI=1S/C6H3Cl3N/c7-6(8,9)5-2-1-3-10-4-5/h1-3H. The summed E-state index contributed by atoms with van der Waals surface area (Å²) in [4.78, 5) is 3.67. The first kappa shape index (κ1) is 8.12. The fourth-order valence-electron chi connectivity index (χ4n) is 0.484. The van der Waals surface area contributed by atoms with Crippen LogP contribution in [0.5, 0.6) is 0 Å². The molecule has 0 aliphatic carbocycles. The minimum atomic E-state index is -1.41. The molecule has 0 aliphatic rings. The van der Waals surface area contributed by atoms with E-state index >= 15 is 0 Å². The number of hydrogen-bond donors (Lipinski definition) is 0. The van der Waals surface area contributed by atoms with Gasteiger partial charge in [-0.05, 0) is 6.07 Å². The van der Waals surface area contributed by atoms with E-state index in [9.17, 15) is 0 Å². The number of hydrogen-bond acceptors (Lipinski definition) is 1. The van der Waals surface area contributed by atoms with Crippen molar-refractivity contribution in [3.8, 4) is 0 Å². The van der Waals surface area contributed by atoms with Crippen LogP contribution in [0.15, 0.2) is 18.3 Å². The van der Waals surface area contributed by atoms with Crippen molar-refractivity contribution in [2.45, 2.75) is 3.79 Å². The molecule has 4 heteroatoms. The average Bonchev–Trinajstić information content (AvgIpc) is 1.88. The molecule has 10 heavy (non-hydrogen) atoms. The third-order valence-corrected chi connectivity index (χ3v) is 1.52. The molecule has 0 aromatic carbocycles. The molecular formula is C6H3Cl3N. The lowest BCUT2D eigenvalue weighted by Gasteiger charge is -2.07. The molecule has 0 amide bonds. The van der Waals surface area contributed by atoms with E-state index in [4.69, 9.17) is 34.8 Å². The van der Waals surface area contributed by atoms with Crippen LogP contribution in [-0.2, 0) is 3.79 Å². The minimum absolute atomic E-state index is 0.458. The van der Waals surface area contributed by atoms with E-state index in [2.05, 4.69) is 11.2 Å². The summed E-state index contributed by atoms with van der Waals surface area (Å²) in [6, 6.07) is 3.34. The van der Waals surface area contributed by atoms with E-state index in [0.717, 1.165) is 0 Å². The second-order valence-corrected chi connectivity index (χ2v) is 3.94. The highest BCUT2D eigenvalue weighted by Gasteiger charge is 2.22. The normalized spacial score (nSPS) is 11.5. The number of aromatic nitrogens is 1. The van der Waals surface area contributed by atoms with Gasteiger partial charge in [0.25, 0.3) is 0 Å². The van der Waals surface area contributed by atoms with Crippen molar-refractivity contribution < 1.29 is 0 Å². The van der Waals surface area contributed by atoms with Crippen LogP contribution >= 0.6 is 34.8 Å². The number of alkyl halides is 3. The van der Waals surface area contributed by atoms with Gasteiger partial charge in [-0.25, -0.2) is 0 Å². The van der Waals surface area contributed by atoms with Gasteiger partial charge in [0.05, 0.1) is 6.20 Å². The van der Waals surface area contributed by atoms with Gasteiger partial charge in [-0.3, -0.25) is 4.98 Å². The molecule has 1 heterocycles.